The van der Waals surface area contributed by atoms with Crippen LogP contribution < -0.4 is 24.8 Å². The Labute approximate surface area is 158 Å². The van der Waals surface area contributed by atoms with Crippen LogP contribution in [-0.2, 0) is 14.3 Å². The fourth-order valence-corrected chi connectivity index (χ4v) is 2.13. The summed E-state index contributed by atoms with van der Waals surface area (Å²) < 4.78 is 20.5. The minimum Gasteiger partial charge on any atom is -0.493 e. The molecule has 0 heterocycles. The van der Waals surface area contributed by atoms with Gasteiger partial charge in [-0.05, 0) is 25.5 Å². The second-order valence-electron chi connectivity index (χ2n) is 5.57. The van der Waals surface area contributed by atoms with E-state index in [2.05, 4.69) is 10.6 Å². The fraction of sp³-hybridized carbons (Fsp3) is 0.500. The second-order valence-corrected chi connectivity index (χ2v) is 5.57. The summed E-state index contributed by atoms with van der Waals surface area (Å²) in [5.74, 6) is -0.679. The maximum Gasteiger partial charge on any atom is 0.328 e. The molecule has 1 atom stereocenters. The maximum atomic E-state index is 12.4. The Bertz CT molecular complexity index is 651. The number of amides is 2. The van der Waals surface area contributed by atoms with E-state index in [1.807, 2.05) is 6.92 Å². The van der Waals surface area contributed by atoms with Crippen molar-refractivity contribution in [3.8, 4) is 17.2 Å². The molecule has 9 heteroatoms. The van der Waals surface area contributed by atoms with Gasteiger partial charge in [-0.25, -0.2) is 4.79 Å². The van der Waals surface area contributed by atoms with E-state index >= 15 is 0 Å². The van der Waals surface area contributed by atoms with Crippen molar-refractivity contribution >= 4 is 17.8 Å². The predicted octanol–water partition coefficient (Wildman–Crippen LogP) is 0.900. The molecule has 2 amide bonds. The molecule has 150 valence electrons. The van der Waals surface area contributed by atoms with Crippen LogP contribution in [0.25, 0.3) is 0 Å². The average Bonchev–Trinajstić information content (AvgIpc) is 2.68. The van der Waals surface area contributed by atoms with Crippen molar-refractivity contribution in [2.45, 2.75) is 26.3 Å². The first kappa shape index (κ1) is 22.1. The molecule has 0 saturated carbocycles. The quantitative estimate of drug-likeness (QED) is 0.578. The minimum atomic E-state index is -0.949. The van der Waals surface area contributed by atoms with Crippen LogP contribution in [0.1, 0.15) is 30.6 Å². The van der Waals surface area contributed by atoms with Gasteiger partial charge in [0.2, 0.25) is 5.75 Å². The van der Waals surface area contributed by atoms with Crippen LogP contribution in [0, 0.1) is 0 Å². The number of hydrogen-bond donors (Lipinski definition) is 2. The molecule has 0 fully saturated rings. The van der Waals surface area contributed by atoms with Crippen LogP contribution >= 0.6 is 0 Å². The summed E-state index contributed by atoms with van der Waals surface area (Å²) in [6, 6.07) is 1.98. The molecule has 0 aromatic heterocycles. The topological polar surface area (TPSA) is 112 Å². The van der Waals surface area contributed by atoms with Gasteiger partial charge in [0.05, 0.1) is 21.3 Å². The molecule has 0 bridgehead atoms. The van der Waals surface area contributed by atoms with E-state index in [0.717, 1.165) is 6.42 Å². The molecule has 0 aliphatic rings. The lowest BCUT2D eigenvalue weighted by atomic mass is 10.1. The molecule has 0 aliphatic carbocycles. The Balaban J connectivity index is 2.74. The van der Waals surface area contributed by atoms with Gasteiger partial charge in [-0.1, -0.05) is 6.92 Å². The second kappa shape index (κ2) is 10.9. The molecule has 1 rings (SSSR count). The first-order valence-electron chi connectivity index (χ1n) is 8.42. The predicted molar refractivity (Wildman–Crippen MR) is 97.3 cm³/mol. The highest BCUT2D eigenvalue weighted by atomic mass is 16.5. The highest BCUT2D eigenvalue weighted by Crippen LogP contribution is 2.38. The SMILES string of the molecule is CCCNC(=O)COC(=O)[C@H](C)NC(=O)c1cc(OC)c(OC)c(OC)c1. The summed E-state index contributed by atoms with van der Waals surface area (Å²) in [4.78, 5) is 35.8. The van der Waals surface area contributed by atoms with Crippen LogP contribution in [0.2, 0.25) is 0 Å². The molecule has 0 saturated heterocycles. The number of rotatable bonds is 10. The Morgan fingerprint density at radius 2 is 1.63 bits per heavy atom. The summed E-state index contributed by atoms with van der Waals surface area (Å²) >= 11 is 0. The van der Waals surface area contributed by atoms with E-state index in [1.165, 1.54) is 40.4 Å². The lowest BCUT2D eigenvalue weighted by Crippen LogP contribution is -2.41. The third-order valence-corrected chi connectivity index (χ3v) is 3.55. The van der Waals surface area contributed by atoms with Crippen molar-refractivity contribution in [1.82, 2.24) is 10.6 Å². The normalized spacial score (nSPS) is 11.1. The van der Waals surface area contributed by atoms with Crippen LogP contribution in [0.15, 0.2) is 12.1 Å². The zero-order chi connectivity index (χ0) is 20.4. The standard InChI is InChI=1S/C18H26N2O7/c1-6-7-19-15(21)10-27-18(23)11(2)20-17(22)12-8-13(24-3)16(26-5)14(9-12)25-4/h8-9,11H,6-7,10H2,1-5H3,(H,19,21)(H,20,22)/t11-/m0/s1. The molecule has 1 aromatic carbocycles. The Kier molecular flexibility index (Phi) is 8.91. The van der Waals surface area contributed by atoms with Gasteiger partial charge < -0.3 is 29.6 Å². The largest absolute Gasteiger partial charge is 0.493 e. The summed E-state index contributed by atoms with van der Waals surface area (Å²) in [5, 5.41) is 5.09. The van der Waals surface area contributed by atoms with E-state index in [9.17, 15) is 14.4 Å². The lowest BCUT2D eigenvalue weighted by Gasteiger charge is -2.16. The third-order valence-electron chi connectivity index (χ3n) is 3.55. The molecule has 27 heavy (non-hydrogen) atoms. The molecular formula is C18H26N2O7. The van der Waals surface area contributed by atoms with Gasteiger partial charge in [0.15, 0.2) is 18.1 Å². The lowest BCUT2D eigenvalue weighted by molar-refractivity contribution is -0.150. The zero-order valence-corrected chi connectivity index (χ0v) is 16.2. The van der Waals surface area contributed by atoms with E-state index < -0.39 is 30.4 Å². The first-order chi connectivity index (χ1) is 12.9. The number of carbonyl (C=O) groups is 3. The van der Waals surface area contributed by atoms with Gasteiger partial charge in [-0.15, -0.1) is 0 Å². The monoisotopic (exact) mass is 382 g/mol. The summed E-state index contributed by atoms with van der Waals surface area (Å²) in [5.41, 5.74) is 0.213. The average molecular weight is 382 g/mol. The van der Waals surface area contributed by atoms with Crippen LogP contribution in [-0.4, -0.2) is 58.3 Å². The third kappa shape index (κ3) is 6.36. The molecule has 0 radical (unpaired) electrons. The smallest absolute Gasteiger partial charge is 0.328 e. The van der Waals surface area contributed by atoms with E-state index in [4.69, 9.17) is 18.9 Å². The maximum absolute atomic E-state index is 12.4. The fourth-order valence-electron chi connectivity index (χ4n) is 2.13. The number of esters is 1. The van der Waals surface area contributed by atoms with Gasteiger partial charge in [0.25, 0.3) is 11.8 Å². The summed E-state index contributed by atoms with van der Waals surface area (Å²) in [6.07, 6.45) is 0.779. The first-order valence-corrected chi connectivity index (χ1v) is 8.42. The van der Waals surface area contributed by atoms with E-state index in [1.54, 1.807) is 0 Å². The molecular weight excluding hydrogens is 356 g/mol. The molecule has 0 aliphatic heterocycles. The molecule has 9 nitrogen and oxygen atoms in total. The van der Waals surface area contributed by atoms with Gasteiger partial charge in [0, 0.05) is 12.1 Å². The van der Waals surface area contributed by atoms with E-state index in [0.29, 0.717) is 23.8 Å². The molecule has 2 N–H and O–H groups in total. The van der Waals surface area contributed by atoms with Crippen LogP contribution in [0.3, 0.4) is 0 Å². The number of hydrogen-bond acceptors (Lipinski definition) is 7. The molecule has 0 spiro atoms. The highest BCUT2D eigenvalue weighted by molar-refractivity contribution is 5.98. The van der Waals surface area contributed by atoms with Gasteiger partial charge >= 0.3 is 5.97 Å². The van der Waals surface area contributed by atoms with Gasteiger partial charge in [0.1, 0.15) is 6.04 Å². The van der Waals surface area contributed by atoms with Gasteiger partial charge in [-0.3, -0.25) is 9.59 Å². The Morgan fingerprint density at radius 3 is 2.11 bits per heavy atom. The van der Waals surface area contributed by atoms with Crippen LogP contribution in [0.4, 0.5) is 0 Å². The zero-order valence-electron chi connectivity index (χ0n) is 16.2. The van der Waals surface area contributed by atoms with Crippen molar-refractivity contribution < 1.29 is 33.3 Å². The van der Waals surface area contributed by atoms with Crippen molar-refractivity contribution in [1.29, 1.82) is 0 Å². The summed E-state index contributed by atoms with van der Waals surface area (Å²) in [7, 11) is 4.32. The van der Waals surface area contributed by atoms with Crippen molar-refractivity contribution in [2.24, 2.45) is 0 Å². The molecule has 0 unspecified atom stereocenters. The summed E-state index contributed by atoms with van der Waals surface area (Å²) in [6.45, 7) is 3.47. The number of carbonyl (C=O) groups excluding carboxylic acids is 3. The van der Waals surface area contributed by atoms with E-state index in [-0.39, 0.29) is 5.56 Å². The van der Waals surface area contributed by atoms with Crippen molar-refractivity contribution in [3.63, 3.8) is 0 Å². The Morgan fingerprint density at radius 1 is 1.04 bits per heavy atom. The van der Waals surface area contributed by atoms with Crippen molar-refractivity contribution in [2.75, 3.05) is 34.5 Å². The number of methoxy groups -OCH3 is 3. The van der Waals surface area contributed by atoms with Crippen molar-refractivity contribution in [3.05, 3.63) is 17.7 Å². The van der Waals surface area contributed by atoms with Crippen LogP contribution in [0.5, 0.6) is 17.2 Å². The number of ether oxygens (including phenoxy) is 4. The number of benzene rings is 1. The molecule has 1 aromatic rings. The number of nitrogens with one attached hydrogen (secondary N) is 2. The highest BCUT2D eigenvalue weighted by Gasteiger charge is 2.22. The Hall–Kier alpha value is -2.97. The van der Waals surface area contributed by atoms with Gasteiger partial charge in [-0.2, -0.15) is 0 Å². The minimum absolute atomic E-state index is 0.213.